The summed E-state index contributed by atoms with van der Waals surface area (Å²) in [7, 11) is 1.71. The predicted molar refractivity (Wildman–Crippen MR) is 98.7 cm³/mol. The van der Waals surface area contributed by atoms with Gasteiger partial charge in [-0.2, -0.15) is 0 Å². The van der Waals surface area contributed by atoms with Gasteiger partial charge in [0.1, 0.15) is 13.2 Å². The molecule has 3 rings (SSSR count). The zero-order valence-electron chi connectivity index (χ0n) is 14.7. The number of fused-ring (bicyclic) bond motifs is 1. The molecule has 0 saturated carbocycles. The van der Waals surface area contributed by atoms with Crippen LogP contribution in [0.1, 0.15) is 12.5 Å². The maximum atomic E-state index is 12.4. The zero-order valence-corrected chi connectivity index (χ0v) is 14.7. The molecule has 0 bridgehead atoms. The van der Waals surface area contributed by atoms with Gasteiger partial charge in [0.25, 0.3) is 0 Å². The first-order valence-electron chi connectivity index (χ1n) is 8.29. The van der Waals surface area contributed by atoms with Gasteiger partial charge in [-0.15, -0.1) is 0 Å². The lowest BCUT2D eigenvalue weighted by atomic mass is 10.2. The second kappa shape index (κ2) is 7.77. The molecule has 0 atom stereocenters. The quantitative estimate of drug-likeness (QED) is 0.883. The summed E-state index contributed by atoms with van der Waals surface area (Å²) < 4.78 is 11.1. The number of nitrogens with one attached hydrogen (secondary N) is 2. The average Bonchev–Trinajstić information content (AvgIpc) is 2.61. The third-order valence-corrected chi connectivity index (χ3v) is 3.81. The van der Waals surface area contributed by atoms with E-state index in [0.29, 0.717) is 36.9 Å². The van der Waals surface area contributed by atoms with Crippen LogP contribution < -0.4 is 20.1 Å². The molecule has 0 fully saturated rings. The molecule has 0 spiro atoms. The van der Waals surface area contributed by atoms with Gasteiger partial charge in [0.2, 0.25) is 5.91 Å². The molecule has 0 saturated heterocycles. The number of hydrogen-bond acceptors (Lipinski definition) is 4. The number of ether oxygens (including phenoxy) is 2. The van der Waals surface area contributed by atoms with E-state index >= 15 is 0 Å². The van der Waals surface area contributed by atoms with E-state index in [1.54, 1.807) is 36.2 Å². The molecule has 0 aliphatic carbocycles. The van der Waals surface area contributed by atoms with Gasteiger partial charge in [0.15, 0.2) is 11.5 Å². The molecule has 0 radical (unpaired) electrons. The van der Waals surface area contributed by atoms with E-state index in [-0.39, 0.29) is 11.9 Å². The van der Waals surface area contributed by atoms with Crippen LogP contribution in [0, 0.1) is 0 Å². The summed E-state index contributed by atoms with van der Waals surface area (Å²) in [5.41, 5.74) is 2.18. The number of nitrogens with zero attached hydrogens (tertiary/aromatic N) is 1. The van der Waals surface area contributed by atoms with E-state index in [9.17, 15) is 9.59 Å². The Labute approximate surface area is 151 Å². The van der Waals surface area contributed by atoms with Crippen molar-refractivity contribution in [2.75, 3.05) is 30.9 Å². The molecule has 2 aromatic rings. The van der Waals surface area contributed by atoms with Gasteiger partial charge >= 0.3 is 6.03 Å². The number of hydrogen-bond donors (Lipinski definition) is 2. The number of anilines is 2. The lowest BCUT2D eigenvalue weighted by molar-refractivity contribution is -0.114. The number of rotatable bonds is 4. The van der Waals surface area contributed by atoms with Gasteiger partial charge in [-0.1, -0.05) is 12.1 Å². The minimum Gasteiger partial charge on any atom is -0.486 e. The van der Waals surface area contributed by atoms with Crippen molar-refractivity contribution in [2.24, 2.45) is 0 Å². The average molecular weight is 355 g/mol. The third kappa shape index (κ3) is 4.44. The largest absolute Gasteiger partial charge is 0.486 e. The Kier molecular flexibility index (Phi) is 5.26. The van der Waals surface area contributed by atoms with E-state index in [1.165, 1.54) is 6.92 Å². The van der Waals surface area contributed by atoms with Crippen molar-refractivity contribution in [3.05, 3.63) is 48.0 Å². The van der Waals surface area contributed by atoms with Crippen molar-refractivity contribution in [3.63, 3.8) is 0 Å². The molecule has 2 aromatic carbocycles. The molecule has 3 amide bonds. The van der Waals surface area contributed by atoms with Crippen molar-refractivity contribution in [1.29, 1.82) is 0 Å². The molecule has 0 unspecified atom stereocenters. The SMILES string of the molecule is CC(=O)Nc1cccc(NC(=O)N(C)Cc2ccc3c(c2)OCCO3)c1. The molecule has 26 heavy (non-hydrogen) atoms. The Morgan fingerprint density at radius 2 is 1.69 bits per heavy atom. The normalized spacial score (nSPS) is 12.2. The molecule has 0 aromatic heterocycles. The number of carbonyl (C=O) groups is 2. The predicted octanol–water partition coefficient (Wildman–Crippen LogP) is 3.08. The van der Waals surface area contributed by atoms with Crippen LogP contribution in [0.2, 0.25) is 0 Å². The Morgan fingerprint density at radius 1 is 1.00 bits per heavy atom. The van der Waals surface area contributed by atoms with Gasteiger partial charge in [0, 0.05) is 31.9 Å². The fourth-order valence-corrected chi connectivity index (χ4v) is 2.63. The minimum absolute atomic E-state index is 0.163. The molecule has 7 nitrogen and oxygen atoms in total. The number of carbonyl (C=O) groups excluding carboxylic acids is 2. The van der Waals surface area contributed by atoms with Gasteiger partial charge in [0.05, 0.1) is 0 Å². The monoisotopic (exact) mass is 355 g/mol. The van der Waals surface area contributed by atoms with Crippen molar-refractivity contribution >= 4 is 23.3 Å². The van der Waals surface area contributed by atoms with E-state index in [4.69, 9.17) is 9.47 Å². The highest BCUT2D eigenvalue weighted by Crippen LogP contribution is 2.31. The Bertz CT molecular complexity index is 822. The van der Waals surface area contributed by atoms with Crippen LogP contribution in [0.5, 0.6) is 11.5 Å². The standard InChI is InChI=1S/C19H21N3O4/c1-13(23)20-15-4-3-5-16(11-15)21-19(24)22(2)12-14-6-7-17-18(10-14)26-9-8-25-17/h3-7,10-11H,8-9,12H2,1-2H3,(H,20,23)(H,21,24). The first kappa shape index (κ1) is 17.6. The summed E-state index contributed by atoms with van der Waals surface area (Å²) in [6.07, 6.45) is 0. The van der Waals surface area contributed by atoms with Gasteiger partial charge in [-0.05, 0) is 35.9 Å². The fraction of sp³-hybridized carbons (Fsp3) is 0.263. The van der Waals surface area contributed by atoms with Crippen LogP contribution in [0.15, 0.2) is 42.5 Å². The van der Waals surface area contributed by atoms with Gasteiger partial charge < -0.3 is 25.0 Å². The van der Waals surface area contributed by atoms with E-state index in [2.05, 4.69) is 10.6 Å². The minimum atomic E-state index is -0.250. The summed E-state index contributed by atoms with van der Waals surface area (Å²) in [6, 6.07) is 12.4. The summed E-state index contributed by atoms with van der Waals surface area (Å²) in [6.45, 7) is 2.93. The highest BCUT2D eigenvalue weighted by atomic mass is 16.6. The van der Waals surface area contributed by atoms with E-state index in [0.717, 1.165) is 11.3 Å². The number of urea groups is 1. The van der Waals surface area contributed by atoms with Crippen LogP contribution in [0.3, 0.4) is 0 Å². The van der Waals surface area contributed by atoms with E-state index in [1.807, 2.05) is 18.2 Å². The molecule has 1 heterocycles. The molecule has 2 N–H and O–H groups in total. The molecule has 136 valence electrons. The second-order valence-electron chi connectivity index (χ2n) is 6.03. The maximum Gasteiger partial charge on any atom is 0.321 e. The summed E-state index contributed by atoms with van der Waals surface area (Å²) in [4.78, 5) is 25.1. The summed E-state index contributed by atoms with van der Waals surface area (Å²) in [5.74, 6) is 1.26. The highest BCUT2D eigenvalue weighted by molar-refractivity contribution is 5.92. The summed E-state index contributed by atoms with van der Waals surface area (Å²) >= 11 is 0. The Morgan fingerprint density at radius 3 is 2.42 bits per heavy atom. The molecule has 1 aliphatic rings. The molecule has 7 heteroatoms. The van der Waals surface area contributed by atoms with Crippen LogP contribution in [-0.2, 0) is 11.3 Å². The smallest absolute Gasteiger partial charge is 0.321 e. The number of amides is 3. The molecular formula is C19H21N3O4. The first-order valence-corrected chi connectivity index (χ1v) is 8.29. The van der Waals surface area contributed by atoms with Crippen molar-refractivity contribution in [1.82, 2.24) is 4.90 Å². The molecular weight excluding hydrogens is 334 g/mol. The molecule has 1 aliphatic heterocycles. The first-order chi connectivity index (χ1) is 12.5. The Balaban J connectivity index is 1.62. The van der Waals surface area contributed by atoms with Crippen LogP contribution >= 0.6 is 0 Å². The zero-order chi connectivity index (χ0) is 18.5. The lowest BCUT2D eigenvalue weighted by Gasteiger charge is -2.21. The van der Waals surface area contributed by atoms with Crippen LogP contribution in [0.4, 0.5) is 16.2 Å². The fourth-order valence-electron chi connectivity index (χ4n) is 2.63. The second-order valence-corrected chi connectivity index (χ2v) is 6.03. The van der Waals surface area contributed by atoms with Crippen molar-refractivity contribution in [3.8, 4) is 11.5 Å². The number of benzene rings is 2. The van der Waals surface area contributed by atoms with Gasteiger partial charge in [-0.25, -0.2) is 4.79 Å². The van der Waals surface area contributed by atoms with Crippen LogP contribution in [-0.4, -0.2) is 37.1 Å². The highest BCUT2D eigenvalue weighted by Gasteiger charge is 2.14. The van der Waals surface area contributed by atoms with E-state index < -0.39 is 0 Å². The maximum absolute atomic E-state index is 12.4. The topological polar surface area (TPSA) is 79.9 Å². The lowest BCUT2D eigenvalue weighted by Crippen LogP contribution is -2.30. The Hall–Kier alpha value is -3.22. The van der Waals surface area contributed by atoms with Crippen LogP contribution in [0.25, 0.3) is 0 Å². The summed E-state index contributed by atoms with van der Waals surface area (Å²) in [5, 5.41) is 5.50. The van der Waals surface area contributed by atoms with Crippen molar-refractivity contribution < 1.29 is 19.1 Å². The third-order valence-electron chi connectivity index (χ3n) is 3.81. The van der Waals surface area contributed by atoms with Crippen molar-refractivity contribution in [2.45, 2.75) is 13.5 Å². The van der Waals surface area contributed by atoms with Gasteiger partial charge in [-0.3, -0.25) is 4.79 Å².